The lowest BCUT2D eigenvalue weighted by Gasteiger charge is -2.27. The normalized spacial score (nSPS) is 14.3. The number of pyridine rings is 1. The number of furan rings is 1. The molecule has 0 amide bonds. The maximum Gasteiger partial charge on any atom is 0.137 e. The number of hydrogen-bond donors (Lipinski definition) is 0. The SMILES string of the molecule is CCC1(C)c2cnccc2-c2cc3oc4cc(N(c5ccc(-c6ccccc6)cc5)c5ccc(-c6ccc(-c7ccccc7)cc6)c(-c6ccccc6)c5)ccc4c3cc21. The molecule has 0 N–H and O–H groups in total. The molecule has 0 bridgehead atoms. The Bertz CT molecular complexity index is 3170. The maximum atomic E-state index is 6.80. The summed E-state index contributed by atoms with van der Waals surface area (Å²) >= 11 is 0. The van der Waals surface area contributed by atoms with Crippen LogP contribution < -0.4 is 4.90 Å². The van der Waals surface area contributed by atoms with Gasteiger partial charge >= 0.3 is 0 Å². The molecule has 0 aliphatic heterocycles. The Balaban J connectivity index is 1.06. The van der Waals surface area contributed by atoms with Crippen molar-refractivity contribution in [1.82, 2.24) is 4.98 Å². The predicted octanol–water partition coefficient (Wildman–Crippen LogP) is 15.8. The third-order valence-corrected chi connectivity index (χ3v) is 12.7. The van der Waals surface area contributed by atoms with Crippen LogP contribution >= 0.6 is 0 Å². The molecular formula is C57H42N2O. The molecule has 3 nitrogen and oxygen atoms in total. The quantitative estimate of drug-likeness (QED) is 0.154. The highest BCUT2D eigenvalue weighted by atomic mass is 16.3. The van der Waals surface area contributed by atoms with Gasteiger partial charge in [0.1, 0.15) is 11.2 Å². The zero-order chi connectivity index (χ0) is 40.2. The third kappa shape index (κ3) is 5.93. The van der Waals surface area contributed by atoms with E-state index in [-0.39, 0.29) is 5.41 Å². The van der Waals surface area contributed by atoms with E-state index in [1.165, 1.54) is 61.2 Å². The second-order valence-corrected chi connectivity index (χ2v) is 16.1. The van der Waals surface area contributed by atoms with Gasteiger partial charge in [-0.2, -0.15) is 0 Å². The number of benzene rings is 8. The first kappa shape index (κ1) is 35.7. The molecular weight excluding hydrogens is 729 g/mol. The molecule has 2 aromatic heterocycles. The van der Waals surface area contributed by atoms with Gasteiger partial charge in [-0.15, -0.1) is 0 Å². The minimum atomic E-state index is -0.105. The zero-order valence-electron chi connectivity index (χ0n) is 33.6. The molecule has 10 aromatic rings. The van der Waals surface area contributed by atoms with Gasteiger partial charge in [0, 0.05) is 51.7 Å². The van der Waals surface area contributed by atoms with Crippen LogP contribution in [0.2, 0.25) is 0 Å². The number of nitrogens with zero attached hydrogens (tertiary/aromatic N) is 2. The summed E-state index contributed by atoms with van der Waals surface area (Å²) in [5.41, 5.74) is 19.4. The van der Waals surface area contributed by atoms with E-state index in [1.54, 1.807) is 0 Å². The molecule has 0 spiro atoms. The molecule has 1 aliphatic rings. The Hall–Kier alpha value is -7.49. The van der Waals surface area contributed by atoms with E-state index in [2.05, 4.69) is 218 Å². The Morgan fingerprint density at radius 1 is 0.433 bits per heavy atom. The fourth-order valence-corrected chi connectivity index (χ4v) is 9.36. The Morgan fingerprint density at radius 2 is 0.967 bits per heavy atom. The van der Waals surface area contributed by atoms with Gasteiger partial charge in [0.15, 0.2) is 0 Å². The van der Waals surface area contributed by atoms with Crippen LogP contribution in [-0.4, -0.2) is 4.98 Å². The molecule has 0 saturated heterocycles. The standard InChI is InChI=1S/C57H42N2O/c1-3-57(2)53-35-52-49-30-28-46(34-55(49)60-56(52)36-51(53)48-31-32-58-37-54(48)57)59(44-25-23-41(24-26-44)39-15-9-5-10-16-39)45-27-29-47(50(33-45)42-17-11-6-12-18-42)43-21-19-40(20-22-43)38-13-7-4-8-14-38/h4-37H,3H2,1-2H3. The van der Waals surface area contributed by atoms with Crippen LogP contribution in [0, 0.1) is 0 Å². The van der Waals surface area contributed by atoms with E-state index in [1.807, 2.05) is 12.4 Å². The molecule has 286 valence electrons. The third-order valence-electron chi connectivity index (χ3n) is 12.7. The van der Waals surface area contributed by atoms with Crippen molar-refractivity contribution in [2.45, 2.75) is 25.7 Å². The molecule has 0 fully saturated rings. The lowest BCUT2D eigenvalue weighted by molar-refractivity contribution is 0.563. The van der Waals surface area contributed by atoms with E-state index in [0.717, 1.165) is 51.0 Å². The summed E-state index contributed by atoms with van der Waals surface area (Å²) in [6.45, 7) is 4.62. The molecule has 0 radical (unpaired) electrons. The Kier molecular flexibility index (Phi) is 8.56. The van der Waals surface area contributed by atoms with Gasteiger partial charge in [-0.3, -0.25) is 4.98 Å². The summed E-state index contributed by atoms with van der Waals surface area (Å²) < 4.78 is 6.80. The largest absolute Gasteiger partial charge is 0.456 e. The van der Waals surface area contributed by atoms with Gasteiger partial charge in [0.2, 0.25) is 0 Å². The van der Waals surface area contributed by atoms with Crippen LogP contribution in [0.1, 0.15) is 31.4 Å². The first-order valence-electron chi connectivity index (χ1n) is 20.8. The second kappa shape index (κ2) is 14.4. The molecule has 0 saturated carbocycles. The van der Waals surface area contributed by atoms with Crippen molar-refractivity contribution in [3.63, 3.8) is 0 Å². The van der Waals surface area contributed by atoms with Gasteiger partial charge in [-0.25, -0.2) is 0 Å². The van der Waals surface area contributed by atoms with Crippen LogP contribution in [0.25, 0.3) is 77.6 Å². The molecule has 1 atom stereocenters. The van der Waals surface area contributed by atoms with Crippen molar-refractivity contribution in [2.24, 2.45) is 0 Å². The first-order valence-corrected chi connectivity index (χ1v) is 20.8. The van der Waals surface area contributed by atoms with Gasteiger partial charge < -0.3 is 9.32 Å². The highest BCUT2D eigenvalue weighted by Crippen LogP contribution is 2.52. The monoisotopic (exact) mass is 770 g/mol. The molecule has 2 heterocycles. The van der Waals surface area contributed by atoms with Gasteiger partial charge in [0.25, 0.3) is 0 Å². The van der Waals surface area contributed by atoms with Crippen LogP contribution in [0.15, 0.2) is 211 Å². The first-order chi connectivity index (χ1) is 29.6. The van der Waals surface area contributed by atoms with Crippen LogP contribution in [0.5, 0.6) is 0 Å². The highest BCUT2D eigenvalue weighted by molar-refractivity contribution is 6.08. The topological polar surface area (TPSA) is 29.3 Å². The molecule has 1 unspecified atom stereocenters. The lowest BCUT2D eigenvalue weighted by Crippen LogP contribution is -2.19. The van der Waals surface area contributed by atoms with Crippen molar-refractivity contribution in [1.29, 1.82) is 0 Å². The summed E-state index contributed by atoms with van der Waals surface area (Å²) in [6, 6.07) is 70.0. The molecule has 1 aliphatic carbocycles. The highest BCUT2D eigenvalue weighted by Gasteiger charge is 2.39. The average molecular weight is 771 g/mol. The number of hydrogen-bond acceptors (Lipinski definition) is 3. The van der Waals surface area contributed by atoms with Crippen LogP contribution in [-0.2, 0) is 5.41 Å². The van der Waals surface area contributed by atoms with Crippen molar-refractivity contribution < 1.29 is 4.42 Å². The van der Waals surface area contributed by atoms with E-state index in [0.29, 0.717) is 0 Å². The lowest BCUT2D eigenvalue weighted by atomic mass is 9.78. The minimum Gasteiger partial charge on any atom is -0.456 e. The molecule has 11 rings (SSSR count). The molecule has 3 heteroatoms. The van der Waals surface area contributed by atoms with Crippen molar-refractivity contribution in [3.05, 3.63) is 218 Å². The summed E-state index contributed by atoms with van der Waals surface area (Å²) in [4.78, 5) is 6.87. The van der Waals surface area contributed by atoms with Crippen molar-refractivity contribution >= 4 is 39.0 Å². The fraction of sp³-hybridized carbons (Fsp3) is 0.0702. The van der Waals surface area contributed by atoms with Crippen molar-refractivity contribution in [2.75, 3.05) is 4.90 Å². The van der Waals surface area contributed by atoms with Gasteiger partial charge in [0.05, 0.1) is 0 Å². The van der Waals surface area contributed by atoms with E-state index in [4.69, 9.17) is 4.42 Å². The van der Waals surface area contributed by atoms with E-state index in [9.17, 15) is 0 Å². The smallest absolute Gasteiger partial charge is 0.137 e. The number of rotatable bonds is 8. The average Bonchev–Trinajstić information content (AvgIpc) is 3.80. The number of anilines is 3. The maximum absolute atomic E-state index is 6.80. The fourth-order valence-electron chi connectivity index (χ4n) is 9.36. The Morgan fingerprint density at radius 3 is 1.63 bits per heavy atom. The molecule has 8 aromatic carbocycles. The number of aromatic nitrogens is 1. The number of fused-ring (bicyclic) bond motifs is 6. The van der Waals surface area contributed by atoms with Crippen LogP contribution in [0.4, 0.5) is 17.1 Å². The van der Waals surface area contributed by atoms with Crippen LogP contribution in [0.3, 0.4) is 0 Å². The summed E-state index contributed by atoms with van der Waals surface area (Å²) in [5, 5.41) is 2.26. The van der Waals surface area contributed by atoms with E-state index < -0.39 is 0 Å². The summed E-state index contributed by atoms with van der Waals surface area (Å²) in [5.74, 6) is 0. The zero-order valence-corrected chi connectivity index (χ0v) is 33.6. The van der Waals surface area contributed by atoms with Gasteiger partial charge in [-0.1, -0.05) is 147 Å². The Labute approximate surface area is 350 Å². The van der Waals surface area contributed by atoms with Crippen molar-refractivity contribution in [3.8, 4) is 55.6 Å². The summed E-state index contributed by atoms with van der Waals surface area (Å²) in [7, 11) is 0. The minimum absolute atomic E-state index is 0.105. The van der Waals surface area contributed by atoms with Gasteiger partial charge in [-0.05, 0) is 128 Å². The summed E-state index contributed by atoms with van der Waals surface area (Å²) in [6.07, 6.45) is 4.94. The van der Waals surface area contributed by atoms with E-state index >= 15 is 0 Å². The predicted molar refractivity (Wildman–Crippen MR) is 250 cm³/mol. The molecule has 60 heavy (non-hydrogen) atoms. The second-order valence-electron chi connectivity index (χ2n) is 16.1.